The molecule has 0 unspecified atom stereocenters. The minimum Gasteiger partial charge on any atom is -0.263 e. The van der Waals surface area contributed by atoms with E-state index < -0.39 is 0 Å². The molecule has 0 aliphatic carbocycles. The van der Waals surface area contributed by atoms with Crippen LogP contribution in [0.2, 0.25) is 0 Å². The fraction of sp³-hybridized carbons (Fsp3) is 0.0244. The molecule has 43 heavy (non-hydrogen) atoms. The monoisotopic (exact) mass is 548 g/mol. The van der Waals surface area contributed by atoms with Crippen LogP contribution in [-0.4, -0.2) is 9.97 Å². The van der Waals surface area contributed by atoms with Gasteiger partial charge in [-0.1, -0.05) is 109 Å². The van der Waals surface area contributed by atoms with E-state index in [1.807, 2.05) is 36.8 Å². The molecule has 202 valence electrons. The van der Waals surface area contributed by atoms with Gasteiger partial charge in [-0.3, -0.25) is 9.97 Å². The maximum atomic E-state index is 4.55. The third-order valence-corrected chi connectivity index (χ3v) is 8.43. The Morgan fingerprint density at radius 3 is 1.63 bits per heavy atom. The Bertz CT molecular complexity index is 2230. The van der Waals surface area contributed by atoms with Crippen LogP contribution >= 0.6 is 0 Å². The highest BCUT2D eigenvalue weighted by Crippen LogP contribution is 2.44. The van der Waals surface area contributed by atoms with E-state index in [2.05, 4.69) is 132 Å². The van der Waals surface area contributed by atoms with Gasteiger partial charge < -0.3 is 0 Å². The van der Waals surface area contributed by atoms with Gasteiger partial charge in [-0.15, -0.1) is 0 Å². The number of rotatable bonds is 4. The molecule has 0 fully saturated rings. The molecule has 2 aromatic heterocycles. The number of aryl methyl sites for hydroxylation is 1. The summed E-state index contributed by atoms with van der Waals surface area (Å²) in [7, 11) is 0. The van der Waals surface area contributed by atoms with Crippen molar-refractivity contribution < 1.29 is 0 Å². The molecule has 0 N–H and O–H groups in total. The van der Waals surface area contributed by atoms with Crippen molar-refractivity contribution in [3.05, 3.63) is 158 Å². The second kappa shape index (κ2) is 10.3. The smallest absolute Gasteiger partial charge is 0.0717 e. The lowest BCUT2D eigenvalue weighted by atomic mass is 9.85. The van der Waals surface area contributed by atoms with E-state index in [-0.39, 0.29) is 0 Å². The Morgan fingerprint density at radius 2 is 0.977 bits per heavy atom. The maximum Gasteiger partial charge on any atom is 0.0717 e. The van der Waals surface area contributed by atoms with Crippen LogP contribution < -0.4 is 0 Å². The number of hydrogen-bond donors (Lipinski definition) is 0. The number of hydrogen-bond acceptors (Lipinski definition) is 2. The molecule has 2 heterocycles. The summed E-state index contributed by atoms with van der Waals surface area (Å²) in [5.41, 5.74) is 10.4. The summed E-state index contributed by atoms with van der Waals surface area (Å²) in [6.07, 6.45) is 5.63. The Balaban J connectivity index is 1.32. The quantitative estimate of drug-likeness (QED) is 0.204. The molecule has 0 aliphatic rings. The predicted octanol–water partition coefficient (Wildman–Crippen LogP) is 10.9. The minimum absolute atomic E-state index is 0.924. The fourth-order valence-corrected chi connectivity index (χ4v) is 6.32. The summed E-state index contributed by atoms with van der Waals surface area (Å²) >= 11 is 0. The van der Waals surface area contributed by atoms with E-state index in [0.717, 1.165) is 22.4 Å². The molecule has 8 aromatic rings. The molecule has 0 amide bonds. The van der Waals surface area contributed by atoms with Gasteiger partial charge in [0.15, 0.2) is 0 Å². The SMILES string of the molecule is Cc1ccc(-c2c3ccccc3c(-c3ccc4ccc(-c5cncc(-c6ccccn6)c5)cc4c3)c3ccccc23)cc1. The molecule has 0 atom stereocenters. The van der Waals surface area contributed by atoms with Crippen LogP contribution in [0.15, 0.2) is 152 Å². The van der Waals surface area contributed by atoms with Gasteiger partial charge in [0, 0.05) is 29.7 Å². The molecule has 8 rings (SSSR count). The summed E-state index contributed by atoms with van der Waals surface area (Å²) in [4.78, 5) is 9.07. The Hall–Kier alpha value is -5.60. The fourth-order valence-electron chi connectivity index (χ4n) is 6.32. The van der Waals surface area contributed by atoms with Gasteiger partial charge in [-0.25, -0.2) is 0 Å². The number of nitrogens with zero attached hydrogens (tertiary/aromatic N) is 2. The molecule has 6 aromatic carbocycles. The van der Waals surface area contributed by atoms with Crippen molar-refractivity contribution in [3.8, 4) is 44.6 Å². The Labute approximate surface area is 251 Å². The zero-order chi connectivity index (χ0) is 28.8. The lowest BCUT2D eigenvalue weighted by Crippen LogP contribution is -1.91. The first kappa shape index (κ1) is 25.1. The van der Waals surface area contributed by atoms with E-state index in [1.165, 1.54) is 60.1 Å². The van der Waals surface area contributed by atoms with Gasteiger partial charge in [0.2, 0.25) is 0 Å². The van der Waals surface area contributed by atoms with E-state index in [1.54, 1.807) is 0 Å². The molecule has 0 aliphatic heterocycles. The van der Waals surface area contributed by atoms with Crippen molar-refractivity contribution in [1.82, 2.24) is 9.97 Å². The van der Waals surface area contributed by atoms with Crippen molar-refractivity contribution in [3.63, 3.8) is 0 Å². The first-order chi connectivity index (χ1) is 21.2. The van der Waals surface area contributed by atoms with Crippen molar-refractivity contribution >= 4 is 32.3 Å². The maximum absolute atomic E-state index is 4.55. The van der Waals surface area contributed by atoms with Crippen LogP contribution in [0.5, 0.6) is 0 Å². The van der Waals surface area contributed by atoms with E-state index in [4.69, 9.17) is 0 Å². The van der Waals surface area contributed by atoms with Crippen molar-refractivity contribution in [1.29, 1.82) is 0 Å². The molecule has 0 saturated heterocycles. The first-order valence-electron chi connectivity index (χ1n) is 14.6. The molecule has 2 nitrogen and oxygen atoms in total. The standard InChI is InChI=1S/C41H28N2/c1-27-13-15-29(16-14-27)40-35-8-2-4-10-37(35)41(38-11-5-3-9-36(38)40)31-20-18-28-17-19-30(22-32(28)23-31)33-24-34(26-42-25-33)39-12-6-7-21-43-39/h2-26H,1H3. The highest BCUT2D eigenvalue weighted by atomic mass is 14.7. The molecular weight excluding hydrogens is 520 g/mol. The lowest BCUT2D eigenvalue weighted by molar-refractivity contribution is 1.28. The Kier molecular flexibility index (Phi) is 6.05. The summed E-state index contributed by atoms with van der Waals surface area (Å²) < 4.78 is 0. The number of fused-ring (bicyclic) bond motifs is 3. The van der Waals surface area contributed by atoms with Crippen LogP contribution in [0.4, 0.5) is 0 Å². The summed E-state index contributed by atoms with van der Waals surface area (Å²) in [6, 6.07) is 48.2. The third kappa shape index (κ3) is 4.45. The van der Waals surface area contributed by atoms with E-state index in [0.29, 0.717) is 0 Å². The number of aromatic nitrogens is 2. The van der Waals surface area contributed by atoms with Gasteiger partial charge in [-0.2, -0.15) is 0 Å². The molecule has 0 saturated carbocycles. The molecule has 2 heteroatoms. The Morgan fingerprint density at radius 1 is 0.419 bits per heavy atom. The van der Waals surface area contributed by atoms with Crippen LogP contribution in [-0.2, 0) is 0 Å². The van der Waals surface area contributed by atoms with Gasteiger partial charge >= 0.3 is 0 Å². The summed E-state index contributed by atoms with van der Waals surface area (Å²) in [5, 5.41) is 7.48. The van der Waals surface area contributed by atoms with Gasteiger partial charge in [0.25, 0.3) is 0 Å². The average molecular weight is 549 g/mol. The normalized spacial score (nSPS) is 11.4. The molecule has 0 spiro atoms. The lowest BCUT2D eigenvalue weighted by Gasteiger charge is -2.18. The van der Waals surface area contributed by atoms with Crippen molar-refractivity contribution in [2.75, 3.05) is 0 Å². The van der Waals surface area contributed by atoms with Gasteiger partial charge in [0.05, 0.1) is 5.69 Å². The molecule has 0 radical (unpaired) electrons. The van der Waals surface area contributed by atoms with Crippen LogP contribution in [0, 0.1) is 6.92 Å². The second-order valence-corrected chi connectivity index (χ2v) is 11.2. The minimum atomic E-state index is 0.924. The highest BCUT2D eigenvalue weighted by Gasteiger charge is 2.16. The number of pyridine rings is 2. The summed E-state index contributed by atoms with van der Waals surface area (Å²) in [6.45, 7) is 2.14. The van der Waals surface area contributed by atoms with Crippen LogP contribution in [0.3, 0.4) is 0 Å². The van der Waals surface area contributed by atoms with Gasteiger partial charge in [0.1, 0.15) is 0 Å². The summed E-state index contributed by atoms with van der Waals surface area (Å²) in [5.74, 6) is 0. The zero-order valence-electron chi connectivity index (χ0n) is 23.8. The third-order valence-electron chi connectivity index (χ3n) is 8.43. The zero-order valence-corrected chi connectivity index (χ0v) is 23.8. The second-order valence-electron chi connectivity index (χ2n) is 11.2. The van der Waals surface area contributed by atoms with Crippen LogP contribution in [0.1, 0.15) is 5.56 Å². The topological polar surface area (TPSA) is 25.8 Å². The average Bonchev–Trinajstić information content (AvgIpc) is 3.07. The molecule has 0 bridgehead atoms. The van der Waals surface area contributed by atoms with Crippen molar-refractivity contribution in [2.24, 2.45) is 0 Å². The molecular formula is C41H28N2. The van der Waals surface area contributed by atoms with Gasteiger partial charge in [-0.05, 0) is 97.4 Å². The van der Waals surface area contributed by atoms with E-state index in [9.17, 15) is 0 Å². The van der Waals surface area contributed by atoms with Crippen LogP contribution in [0.25, 0.3) is 77.0 Å². The van der Waals surface area contributed by atoms with Crippen molar-refractivity contribution in [2.45, 2.75) is 6.92 Å². The van der Waals surface area contributed by atoms with E-state index >= 15 is 0 Å². The first-order valence-corrected chi connectivity index (χ1v) is 14.6. The predicted molar refractivity (Wildman–Crippen MR) is 181 cm³/mol. The highest BCUT2D eigenvalue weighted by molar-refractivity contribution is 6.21. The largest absolute Gasteiger partial charge is 0.263 e. The number of benzene rings is 6.